The Morgan fingerprint density at radius 2 is 2.12 bits per heavy atom. The standard InChI is InChI=1S/C13H18N2S2/c1-16-7-3-5-15-6-4-11-12(15)8-10(14)9-13(11)17-2/h4,6,8-9H,3,5,7,14H2,1-2H3. The summed E-state index contributed by atoms with van der Waals surface area (Å²) in [5.41, 5.74) is 8.07. The molecule has 2 N–H and O–H groups in total. The molecule has 0 spiro atoms. The van der Waals surface area contributed by atoms with Gasteiger partial charge in [0.1, 0.15) is 0 Å². The minimum atomic E-state index is 0.853. The first kappa shape index (κ1) is 12.7. The summed E-state index contributed by atoms with van der Waals surface area (Å²) < 4.78 is 2.31. The maximum absolute atomic E-state index is 5.95. The Morgan fingerprint density at radius 3 is 2.82 bits per heavy atom. The Hall–Kier alpha value is -0.740. The molecule has 0 bridgehead atoms. The molecular weight excluding hydrogens is 248 g/mol. The lowest BCUT2D eigenvalue weighted by Gasteiger charge is -2.07. The van der Waals surface area contributed by atoms with E-state index in [1.54, 1.807) is 11.8 Å². The molecule has 0 fully saturated rings. The topological polar surface area (TPSA) is 30.9 Å². The fourth-order valence-corrected chi connectivity index (χ4v) is 3.09. The van der Waals surface area contributed by atoms with Crippen molar-refractivity contribution < 1.29 is 0 Å². The molecule has 4 heteroatoms. The van der Waals surface area contributed by atoms with Gasteiger partial charge in [-0.2, -0.15) is 11.8 Å². The highest BCUT2D eigenvalue weighted by Crippen LogP contribution is 2.30. The monoisotopic (exact) mass is 266 g/mol. The number of thioether (sulfide) groups is 2. The molecule has 2 rings (SSSR count). The van der Waals surface area contributed by atoms with Crippen LogP contribution in [0.25, 0.3) is 10.9 Å². The number of rotatable bonds is 5. The molecule has 1 heterocycles. The Bertz CT molecular complexity index is 505. The largest absolute Gasteiger partial charge is 0.399 e. The van der Waals surface area contributed by atoms with Crippen LogP contribution in [0.1, 0.15) is 6.42 Å². The van der Waals surface area contributed by atoms with E-state index in [0.717, 1.165) is 12.2 Å². The van der Waals surface area contributed by atoms with E-state index in [9.17, 15) is 0 Å². The zero-order valence-electron chi connectivity index (χ0n) is 10.3. The van der Waals surface area contributed by atoms with E-state index < -0.39 is 0 Å². The fraction of sp³-hybridized carbons (Fsp3) is 0.385. The van der Waals surface area contributed by atoms with Gasteiger partial charge in [0.15, 0.2) is 0 Å². The van der Waals surface area contributed by atoms with Gasteiger partial charge in [0.2, 0.25) is 0 Å². The summed E-state index contributed by atoms with van der Waals surface area (Å²) in [7, 11) is 0. The summed E-state index contributed by atoms with van der Waals surface area (Å²) in [4.78, 5) is 1.27. The predicted molar refractivity (Wildman–Crippen MR) is 81.1 cm³/mol. The van der Waals surface area contributed by atoms with Crippen molar-refractivity contribution in [1.82, 2.24) is 4.57 Å². The lowest BCUT2D eigenvalue weighted by Crippen LogP contribution is -1.98. The van der Waals surface area contributed by atoms with Crippen LogP contribution >= 0.6 is 23.5 Å². The molecule has 0 atom stereocenters. The molecular formula is C13H18N2S2. The van der Waals surface area contributed by atoms with Crippen LogP contribution in [0.5, 0.6) is 0 Å². The first-order valence-electron chi connectivity index (χ1n) is 5.67. The molecule has 92 valence electrons. The number of fused-ring (bicyclic) bond motifs is 1. The zero-order valence-corrected chi connectivity index (χ0v) is 11.9. The number of hydrogen-bond donors (Lipinski definition) is 1. The molecule has 0 amide bonds. The van der Waals surface area contributed by atoms with Gasteiger partial charge in [-0.25, -0.2) is 0 Å². The molecule has 0 aliphatic rings. The summed E-state index contributed by atoms with van der Waals surface area (Å²) in [6.07, 6.45) is 7.62. The van der Waals surface area contributed by atoms with Crippen LogP contribution < -0.4 is 5.73 Å². The van der Waals surface area contributed by atoms with Crippen LogP contribution in [-0.4, -0.2) is 22.8 Å². The van der Waals surface area contributed by atoms with E-state index in [2.05, 4.69) is 41.5 Å². The van der Waals surface area contributed by atoms with Crippen LogP contribution in [0.2, 0.25) is 0 Å². The van der Waals surface area contributed by atoms with Gasteiger partial charge in [-0.1, -0.05) is 0 Å². The SMILES string of the molecule is CSCCCn1ccc2c(SC)cc(N)cc21. The van der Waals surface area contributed by atoms with E-state index in [0.29, 0.717) is 0 Å². The van der Waals surface area contributed by atoms with Crippen molar-refractivity contribution in [3.05, 3.63) is 24.4 Å². The number of nitrogens with zero attached hydrogens (tertiary/aromatic N) is 1. The van der Waals surface area contributed by atoms with Crippen LogP contribution in [0.15, 0.2) is 29.3 Å². The maximum Gasteiger partial charge on any atom is 0.0512 e. The van der Waals surface area contributed by atoms with Gasteiger partial charge in [0.05, 0.1) is 5.52 Å². The second kappa shape index (κ2) is 5.74. The number of anilines is 1. The van der Waals surface area contributed by atoms with Gasteiger partial charge >= 0.3 is 0 Å². The van der Waals surface area contributed by atoms with E-state index in [-0.39, 0.29) is 0 Å². The van der Waals surface area contributed by atoms with Crippen molar-refractivity contribution in [3.63, 3.8) is 0 Å². The van der Waals surface area contributed by atoms with Crippen LogP contribution in [0, 0.1) is 0 Å². The Kier molecular flexibility index (Phi) is 4.29. The summed E-state index contributed by atoms with van der Waals surface area (Å²) >= 11 is 3.65. The van der Waals surface area contributed by atoms with E-state index in [1.165, 1.54) is 28.0 Å². The summed E-state index contributed by atoms with van der Waals surface area (Å²) in [5.74, 6) is 1.21. The smallest absolute Gasteiger partial charge is 0.0512 e. The Balaban J connectivity index is 2.35. The summed E-state index contributed by atoms with van der Waals surface area (Å²) in [5, 5.41) is 1.32. The van der Waals surface area contributed by atoms with Gasteiger partial charge in [-0.15, -0.1) is 11.8 Å². The maximum atomic E-state index is 5.95. The third-order valence-corrected chi connectivity index (χ3v) is 4.32. The van der Waals surface area contributed by atoms with E-state index in [4.69, 9.17) is 5.73 Å². The summed E-state index contributed by atoms with van der Waals surface area (Å²) in [6.45, 7) is 1.07. The highest BCUT2D eigenvalue weighted by molar-refractivity contribution is 7.99. The molecule has 0 radical (unpaired) electrons. The van der Waals surface area contributed by atoms with Crippen LogP contribution in [0.4, 0.5) is 5.69 Å². The average Bonchev–Trinajstić information content (AvgIpc) is 2.72. The van der Waals surface area contributed by atoms with Gasteiger partial charge in [0, 0.05) is 28.7 Å². The zero-order chi connectivity index (χ0) is 12.3. The van der Waals surface area contributed by atoms with Crippen LogP contribution in [0.3, 0.4) is 0 Å². The predicted octanol–water partition coefficient (Wildman–Crippen LogP) is 3.70. The number of hydrogen-bond acceptors (Lipinski definition) is 3. The molecule has 17 heavy (non-hydrogen) atoms. The fourth-order valence-electron chi connectivity index (χ4n) is 2.03. The number of aryl methyl sites for hydroxylation is 1. The lowest BCUT2D eigenvalue weighted by molar-refractivity contribution is 0.709. The van der Waals surface area contributed by atoms with Gasteiger partial charge in [-0.3, -0.25) is 0 Å². The molecule has 2 nitrogen and oxygen atoms in total. The molecule has 2 aromatic rings. The molecule has 0 saturated heterocycles. The molecule has 0 unspecified atom stereocenters. The number of nitrogen functional groups attached to an aromatic ring is 1. The van der Waals surface area contributed by atoms with Crippen molar-refractivity contribution in [2.75, 3.05) is 24.0 Å². The number of aromatic nitrogens is 1. The highest BCUT2D eigenvalue weighted by atomic mass is 32.2. The van der Waals surface area contributed by atoms with Crippen molar-refractivity contribution in [2.24, 2.45) is 0 Å². The molecule has 0 aliphatic carbocycles. The second-order valence-corrected chi connectivity index (χ2v) is 5.85. The minimum Gasteiger partial charge on any atom is -0.399 e. The van der Waals surface area contributed by atoms with Gasteiger partial charge in [-0.05, 0) is 42.9 Å². The van der Waals surface area contributed by atoms with Crippen molar-refractivity contribution in [1.29, 1.82) is 0 Å². The minimum absolute atomic E-state index is 0.853. The highest BCUT2D eigenvalue weighted by Gasteiger charge is 2.06. The number of benzene rings is 1. The van der Waals surface area contributed by atoms with Crippen LogP contribution in [-0.2, 0) is 6.54 Å². The Labute approximate surface area is 111 Å². The van der Waals surface area contributed by atoms with Gasteiger partial charge < -0.3 is 10.3 Å². The van der Waals surface area contributed by atoms with Gasteiger partial charge in [0.25, 0.3) is 0 Å². The third kappa shape index (κ3) is 2.75. The lowest BCUT2D eigenvalue weighted by atomic mass is 10.2. The molecule has 1 aromatic heterocycles. The Morgan fingerprint density at radius 1 is 1.29 bits per heavy atom. The van der Waals surface area contributed by atoms with Crippen molar-refractivity contribution >= 4 is 40.1 Å². The van der Waals surface area contributed by atoms with E-state index in [1.807, 2.05) is 11.8 Å². The second-order valence-electron chi connectivity index (χ2n) is 4.01. The molecule has 1 aromatic carbocycles. The summed E-state index contributed by atoms with van der Waals surface area (Å²) in [6, 6.07) is 6.33. The first-order valence-corrected chi connectivity index (χ1v) is 8.29. The average molecular weight is 266 g/mol. The van der Waals surface area contributed by atoms with Crippen molar-refractivity contribution in [2.45, 2.75) is 17.9 Å². The van der Waals surface area contributed by atoms with Crippen molar-refractivity contribution in [3.8, 4) is 0 Å². The molecule has 0 saturated carbocycles. The number of nitrogens with two attached hydrogens (primary N) is 1. The van der Waals surface area contributed by atoms with E-state index >= 15 is 0 Å². The normalized spacial score (nSPS) is 11.2. The molecule has 0 aliphatic heterocycles. The third-order valence-electron chi connectivity index (χ3n) is 2.84. The first-order chi connectivity index (χ1) is 8.26. The quantitative estimate of drug-likeness (QED) is 0.508.